The molecule has 19 heavy (non-hydrogen) atoms. The molecule has 92 valence electrons. The Morgan fingerprint density at radius 3 is 1.37 bits per heavy atom. The van der Waals surface area contributed by atoms with Gasteiger partial charge in [0.25, 0.3) is 0 Å². The fourth-order valence-electron chi connectivity index (χ4n) is 3.59. The van der Waals surface area contributed by atoms with E-state index in [0.717, 1.165) is 0 Å². The summed E-state index contributed by atoms with van der Waals surface area (Å²) in [7, 11) is -1.57. The molecule has 0 N–H and O–H groups in total. The molecule has 0 aromatic heterocycles. The molecule has 0 atom stereocenters. The predicted molar refractivity (Wildman–Crippen MR) is 81.8 cm³/mol. The Hall–Kier alpha value is -0.746. The minimum atomic E-state index is -1.57. The van der Waals surface area contributed by atoms with Crippen LogP contribution in [0.3, 0.4) is 0 Å². The van der Waals surface area contributed by atoms with Crippen LogP contribution in [0.5, 0.6) is 0 Å². The zero-order valence-electron chi connectivity index (χ0n) is 12.0. The molecule has 0 saturated heterocycles. The van der Waals surface area contributed by atoms with E-state index in [0.29, 0.717) is 0 Å². The van der Waals surface area contributed by atoms with Crippen molar-refractivity contribution in [2.75, 3.05) is 0 Å². The van der Waals surface area contributed by atoms with Crippen molar-refractivity contribution < 1.29 is 18.9 Å². The standard InChI is InChI=1S/C17H20Si.Li/c1-2-18(15-9-3-4-10-15,16-11-5-6-12-16)17-13-7-8-14-17;/h3-9,11,13H,2,10,12,14H2,1H3;/q;+1. The summed E-state index contributed by atoms with van der Waals surface area (Å²) >= 11 is 0. The summed E-state index contributed by atoms with van der Waals surface area (Å²) in [5.74, 6) is 0. The molecule has 3 rings (SSSR count). The van der Waals surface area contributed by atoms with Gasteiger partial charge in [-0.15, -0.1) is 0 Å². The summed E-state index contributed by atoms with van der Waals surface area (Å²) in [5.41, 5.74) is 0. The summed E-state index contributed by atoms with van der Waals surface area (Å²) in [6.07, 6.45) is 24.4. The van der Waals surface area contributed by atoms with Gasteiger partial charge < -0.3 is 0 Å². The van der Waals surface area contributed by atoms with Crippen molar-refractivity contribution in [3.05, 3.63) is 70.3 Å². The maximum atomic E-state index is 2.40. The molecule has 0 nitrogen and oxygen atoms in total. The smallest absolute Gasteiger partial charge is 0.0808 e. The van der Waals surface area contributed by atoms with Gasteiger partial charge in [-0.3, -0.25) is 0 Å². The van der Waals surface area contributed by atoms with Crippen molar-refractivity contribution in [2.24, 2.45) is 0 Å². The van der Waals surface area contributed by atoms with Gasteiger partial charge in [-0.2, -0.15) is 0 Å². The van der Waals surface area contributed by atoms with E-state index < -0.39 is 8.07 Å². The third-order valence-corrected chi connectivity index (χ3v) is 9.95. The molecule has 0 heterocycles. The minimum absolute atomic E-state index is 0. The van der Waals surface area contributed by atoms with Crippen molar-refractivity contribution in [3.63, 3.8) is 0 Å². The van der Waals surface area contributed by atoms with Gasteiger partial charge in [-0.25, -0.2) is 0 Å². The molecular weight excluding hydrogens is 239 g/mol. The Bertz CT molecular complexity index is 455. The molecule has 0 unspecified atom stereocenters. The number of rotatable bonds is 4. The monoisotopic (exact) mass is 259 g/mol. The molecule has 0 aromatic rings. The summed E-state index contributed by atoms with van der Waals surface area (Å²) in [6.45, 7) is 2.39. The number of hydrogen-bond donors (Lipinski definition) is 0. The molecule has 0 fully saturated rings. The van der Waals surface area contributed by atoms with E-state index in [1.54, 1.807) is 15.6 Å². The van der Waals surface area contributed by atoms with Crippen molar-refractivity contribution >= 4 is 8.07 Å². The zero-order valence-corrected chi connectivity index (χ0v) is 13.0. The van der Waals surface area contributed by atoms with Crippen molar-refractivity contribution in [1.82, 2.24) is 0 Å². The molecule has 0 radical (unpaired) electrons. The normalized spacial score (nSPS) is 20.4. The molecule has 0 spiro atoms. The Balaban J connectivity index is 0.00000133. The summed E-state index contributed by atoms with van der Waals surface area (Å²) in [6, 6.07) is 1.31. The third-order valence-electron chi connectivity index (χ3n) is 4.49. The molecule has 0 aliphatic heterocycles. The summed E-state index contributed by atoms with van der Waals surface area (Å²) < 4.78 is 0. The van der Waals surface area contributed by atoms with Gasteiger partial charge in [0, 0.05) is 0 Å². The van der Waals surface area contributed by atoms with Crippen LogP contribution in [0.25, 0.3) is 0 Å². The van der Waals surface area contributed by atoms with Crippen LogP contribution in [0, 0.1) is 0 Å². The van der Waals surface area contributed by atoms with Crippen molar-refractivity contribution in [1.29, 1.82) is 0 Å². The van der Waals surface area contributed by atoms with Crippen LogP contribution in [0.2, 0.25) is 6.04 Å². The van der Waals surface area contributed by atoms with E-state index in [1.165, 1.54) is 25.3 Å². The van der Waals surface area contributed by atoms with E-state index in [9.17, 15) is 0 Å². The maximum Gasteiger partial charge on any atom is 1.00 e. The first-order valence-corrected chi connectivity index (χ1v) is 9.17. The molecule has 2 heteroatoms. The first kappa shape index (κ1) is 14.7. The molecule has 3 aliphatic rings. The molecule has 0 amide bonds. The van der Waals surface area contributed by atoms with Gasteiger partial charge in [0.2, 0.25) is 0 Å². The first-order valence-electron chi connectivity index (χ1n) is 6.96. The van der Waals surface area contributed by atoms with Crippen LogP contribution in [0.15, 0.2) is 70.3 Å². The summed E-state index contributed by atoms with van der Waals surface area (Å²) in [4.78, 5) is 0. The molecular formula is C17H20LiSi+. The Labute approximate surface area is 129 Å². The number of allylic oxidation sites excluding steroid dienone is 12. The van der Waals surface area contributed by atoms with E-state index in [4.69, 9.17) is 0 Å². The largest absolute Gasteiger partial charge is 1.00 e. The second kappa shape index (κ2) is 6.14. The molecule has 3 aliphatic carbocycles. The van der Waals surface area contributed by atoms with Gasteiger partial charge >= 0.3 is 18.9 Å². The van der Waals surface area contributed by atoms with Crippen LogP contribution in [-0.4, -0.2) is 8.07 Å². The minimum Gasteiger partial charge on any atom is -0.0808 e. The van der Waals surface area contributed by atoms with Gasteiger partial charge in [-0.1, -0.05) is 77.2 Å². The molecule has 0 saturated carbocycles. The van der Waals surface area contributed by atoms with E-state index in [-0.39, 0.29) is 18.9 Å². The second-order valence-electron chi connectivity index (χ2n) is 5.23. The predicted octanol–water partition coefficient (Wildman–Crippen LogP) is 1.74. The Morgan fingerprint density at radius 1 is 0.789 bits per heavy atom. The van der Waals surface area contributed by atoms with E-state index >= 15 is 0 Å². The van der Waals surface area contributed by atoms with Gasteiger partial charge in [-0.05, 0) is 25.3 Å². The average molecular weight is 259 g/mol. The van der Waals surface area contributed by atoms with Crippen LogP contribution in [-0.2, 0) is 0 Å². The zero-order chi connectivity index (χ0) is 12.4. The third kappa shape index (κ3) is 2.36. The average Bonchev–Trinajstić information content (AvgIpc) is 3.16. The maximum absolute atomic E-state index is 2.40. The summed E-state index contributed by atoms with van der Waals surface area (Å²) in [5, 5.41) is 5.15. The first-order chi connectivity index (χ1) is 8.88. The molecule has 0 bridgehead atoms. The topological polar surface area (TPSA) is 0 Å². The quantitative estimate of drug-likeness (QED) is 0.675. The second-order valence-corrected chi connectivity index (χ2v) is 9.68. The van der Waals surface area contributed by atoms with Crippen LogP contribution in [0.4, 0.5) is 0 Å². The van der Waals surface area contributed by atoms with Crippen LogP contribution >= 0.6 is 0 Å². The Morgan fingerprint density at radius 2 is 1.16 bits per heavy atom. The molecule has 0 aromatic carbocycles. The fourth-order valence-corrected chi connectivity index (χ4v) is 8.73. The van der Waals surface area contributed by atoms with E-state index in [1.807, 2.05) is 0 Å². The number of hydrogen-bond acceptors (Lipinski definition) is 0. The van der Waals surface area contributed by atoms with Gasteiger partial charge in [0.15, 0.2) is 0 Å². The van der Waals surface area contributed by atoms with Gasteiger partial charge in [0.1, 0.15) is 8.07 Å². The Kier molecular flexibility index (Phi) is 4.73. The van der Waals surface area contributed by atoms with E-state index in [2.05, 4.69) is 61.6 Å². The van der Waals surface area contributed by atoms with Crippen LogP contribution < -0.4 is 18.9 Å². The van der Waals surface area contributed by atoms with Crippen molar-refractivity contribution in [2.45, 2.75) is 32.2 Å². The van der Waals surface area contributed by atoms with Crippen LogP contribution in [0.1, 0.15) is 26.2 Å². The van der Waals surface area contributed by atoms with Gasteiger partial charge in [0.05, 0.1) is 0 Å². The SMILES string of the molecule is CC[Si](C1=CC=CC1)(C1=CC=CC1)C1=CC=CC1.[Li+]. The van der Waals surface area contributed by atoms with Crippen molar-refractivity contribution in [3.8, 4) is 0 Å². The fraction of sp³-hybridized carbons (Fsp3) is 0.294.